The van der Waals surface area contributed by atoms with Crippen LogP contribution in [0, 0.1) is 17.3 Å². The predicted molar refractivity (Wildman–Crippen MR) is 113 cm³/mol. The van der Waals surface area contributed by atoms with Crippen molar-refractivity contribution in [3.8, 4) is 0 Å². The molecule has 4 atom stereocenters. The Balaban J connectivity index is 2.16. The second-order valence-electron chi connectivity index (χ2n) is 9.61. The monoisotopic (exact) mass is 448 g/mol. The van der Waals surface area contributed by atoms with Crippen LogP contribution in [0.1, 0.15) is 66.7 Å². The van der Waals surface area contributed by atoms with Gasteiger partial charge in [0.25, 0.3) is 0 Å². The first kappa shape index (κ1) is 20.0. The highest BCUT2D eigenvalue weighted by atomic mass is 127. The van der Waals surface area contributed by atoms with E-state index in [4.69, 9.17) is 4.43 Å². The standard InChI is InChI=1S/C20H37IOSi/c1-15(12-14-21)16-10-11-17-18(9-8-13-20(16,17)5)22-23(6,7)19(2,3)4/h10,15,17-18H,8-9,11-14H2,1-7H3/t15-,17-,18?,20+/m0/s1. The topological polar surface area (TPSA) is 9.23 Å². The van der Waals surface area contributed by atoms with Crippen LogP contribution >= 0.6 is 22.6 Å². The lowest BCUT2D eigenvalue weighted by molar-refractivity contribution is 0.0161. The zero-order valence-corrected chi connectivity index (χ0v) is 19.5. The molecule has 1 saturated carbocycles. The maximum atomic E-state index is 6.91. The van der Waals surface area contributed by atoms with Gasteiger partial charge < -0.3 is 4.43 Å². The van der Waals surface area contributed by atoms with E-state index in [9.17, 15) is 0 Å². The lowest BCUT2D eigenvalue weighted by atomic mass is 9.63. The first-order chi connectivity index (χ1) is 10.5. The summed E-state index contributed by atoms with van der Waals surface area (Å²) in [7, 11) is -1.67. The Morgan fingerprint density at radius 1 is 1.39 bits per heavy atom. The molecule has 0 radical (unpaired) electrons. The summed E-state index contributed by atoms with van der Waals surface area (Å²) in [5.74, 6) is 1.46. The number of fused-ring (bicyclic) bond motifs is 1. The first-order valence-electron chi connectivity index (χ1n) is 9.47. The highest BCUT2D eigenvalue weighted by Gasteiger charge is 2.51. The molecule has 1 nitrogen and oxygen atoms in total. The van der Waals surface area contributed by atoms with Crippen LogP contribution in [0.4, 0.5) is 0 Å². The molecule has 0 heterocycles. The lowest BCUT2D eigenvalue weighted by Gasteiger charge is -2.49. The second kappa shape index (κ2) is 7.11. The van der Waals surface area contributed by atoms with Gasteiger partial charge in [0.2, 0.25) is 0 Å². The van der Waals surface area contributed by atoms with Crippen LogP contribution in [0.25, 0.3) is 0 Å². The van der Waals surface area contributed by atoms with Gasteiger partial charge in [-0.1, -0.05) is 75.3 Å². The minimum Gasteiger partial charge on any atom is -0.414 e. The van der Waals surface area contributed by atoms with E-state index in [1.54, 1.807) is 5.57 Å². The highest BCUT2D eigenvalue weighted by molar-refractivity contribution is 14.1. The van der Waals surface area contributed by atoms with Gasteiger partial charge in [0, 0.05) is 10.5 Å². The summed E-state index contributed by atoms with van der Waals surface area (Å²) < 4.78 is 8.18. The molecule has 0 amide bonds. The number of halogens is 1. The second-order valence-corrected chi connectivity index (χ2v) is 15.4. The molecule has 0 N–H and O–H groups in total. The minimum absolute atomic E-state index is 0.310. The summed E-state index contributed by atoms with van der Waals surface area (Å²) >= 11 is 2.53. The maximum Gasteiger partial charge on any atom is 0.192 e. The smallest absolute Gasteiger partial charge is 0.192 e. The SMILES string of the molecule is C[C@@H](CCI)C1=CC[C@H]2C(O[Si](C)(C)C(C)(C)C)CCC[C@]12C. The van der Waals surface area contributed by atoms with Gasteiger partial charge in [0.1, 0.15) is 0 Å². The summed E-state index contributed by atoms with van der Waals surface area (Å²) in [5, 5.41) is 0.310. The average Bonchev–Trinajstić information content (AvgIpc) is 2.75. The lowest BCUT2D eigenvalue weighted by Crippen LogP contribution is -2.49. The third-order valence-electron chi connectivity index (χ3n) is 7.03. The number of rotatable bonds is 5. The van der Waals surface area contributed by atoms with Gasteiger partial charge in [-0.3, -0.25) is 0 Å². The van der Waals surface area contributed by atoms with Crippen LogP contribution in [-0.2, 0) is 4.43 Å². The fourth-order valence-corrected chi connectivity index (χ4v) is 6.83. The van der Waals surface area contributed by atoms with E-state index in [0.717, 1.165) is 11.8 Å². The van der Waals surface area contributed by atoms with Crippen LogP contribution in [0.3, 0.4) is 0 Å². The normalized spacial score (nSPS) is 33.3. The zero-order valence-electron chi connectivity index (χ0n) is 16.3. The van der Waals surface area contributed by atoms with Gasteiger partial charge in [-0.25, -0.2) is 0 Å². The van der Waals surface area contributed by atoms with Gasteiger partial charge in [-0.2, -0.15) is 0 Å². The molecule has 3 heteroatoms. The van der Waals surface area contributed by atoms with Crippen LogP contribution in [-0.4, -0.2) is 18.8 Å². The quantitative estimate of drug-likeness (QED) is 0.191. The molecule has 23 heavy (non-hydrogen) atoms. The first-order valence-corrected chi connectivity index (χ1v) is 13.9. The fourth-order valence-electron chi connectivity index (χ4n) is 4.50. The molecule has 1 unspecified atom stereocenters. The van der Waals surface area contributed by atoms with E-state index < -0.39 is 8.32 Å². The van der Waals surface area contributed by atoms with Gasteiger partial charge >= 0.3 is 0 Å². The Hall–Kier alpha value is 0.647. The third kappa shape index (κ3) is 3.92. The predicted octanol–water partition coefficient (Wildman–Crippen LogP) is 6.97. The van der Waals surface area contributed by atoms with Gasteiger partial charge in [-0.15, -0.1) is 0 Å². The molecule has 0 spiro atoms. The van der Waals surface area contributed by atoms with Crippen LogP contribution < -0.4 is 0 Å². The molecule has 0 aromatic heterocycles. The van der Waals surface area contributed by atoms with Crippen molar-refractivity contribution in [2.24, 2.45) is 17.3 Å². The number of alkyl halides is 1. The minimum atomic E-state index is -1.67. The van der Waals surface area contributed by atoms with E-state index in [-0.39, 0.29) is 0 Å². The van der Waals surface area contributed by atoms with Crippen molar-refractivity contribution in [3.63, 3.8) is 0 Å². The number of hydrogen-bond acceptors (Lipinski definition) is 1. The number of hydrogen-bond donors (Lipinski definition) is 0. The molecular weight excluding hydrogens is 411 g/mol. The molecule has 0 bridgehead atoms. The Labute approximate surface area is 159 Å². The third-order valence-corrected chi connectivity index (χ3v) is 12.2. The van der Waals surface area contributed by atoms with Crippen LogP contribution in [0.5, 0.6) is 0 Å². The summed E-state index contributed by atoms with van der Waals surface area (Å²) in [5.41, 5.74) is 2.15. The Bertz CT molecular complexity index is 451. The Morgan fingerprint density at radius 2 is 2.04 bits per heavy atom. The maximum absolute atomic E-state index is 6.91. The molecule has 0 aliphatic heterocycles. The Kier molecular flexibility index (Phi) is 6.17. The summed E-state index contributed by atoms with van der Waals surface area (Å²) in [4.78, 5) is 0. The largest absolute Gasteiger partial charge is 0.414 e. The van der Waals surface area contributed by atoms with Crippen molar-refractivity contribution >= 4 is 30.9 Å². The Morgan fingerprint density at radius 3 is 2.61 bits per heavy atom. The van der Waals surface area contributed by atoms with E-state index in [1.165, 1.54) is 36.5 Å². The molecule has 0 saturated heterocycles. The van der Waals surface area contributed by atoms with Crippen LogP contribution in [0.2, 0.25) is 18.1 Å². The molecule has 2 aliphatic carbocycles. The van der Waals surface area contributed by atoms with E-state index in [0.29, 0.717) is 16.6 Å². The van der Waals surface area contributed by atoms with Crippen molar-refractivity contribution in [2.45, 2.75) is 91.0 Å². The molecular formula is C20H37IOSi. The summed E-state index contributed by atoms with van der Waals surface area (Å²) in [6.07, 6.45) is 9.62. The van der Waals surface area contributed by atoms with Crippen molar-refractivity contribution in [3.05, 3.63) is 11.6 Å². The van der Waals surface area contributed by atoms with Crippen LogP contribution in [0.15, 0.2) is 11.6 Å². The molecule has 0 aromatic carbocycles. The van der Waals surface area contributed by atoms with Crippen molar-refractivity contribution < 1.29 is 4.43 Å². The van der Waals surface area contributed by atoms with E-state index in [1.807, 2.05) is 0 Å². The van der Waals surface area contributed by atoms with Gasteiger partial charge in [-0.05, 0) is 61.1 Å². The van der Waals surface area contributed by atoms with E-state index >= 15 is 0 Å². The number of allylic oxidation sites excluding steroid dienone is 2. The molecule has 2 aliphatic rings. The molecule has 0 aromatic rings. The van der Waals surface area contributed by atoms with Gasteiger partial charge in [0.15, 0.2) is 8.32 Å². The van der Waals surface area contributed by atoms with Crippen molar-refractivity contribution in [2.75, 3.05) is 4.43 Å². The summed E-state index contributed by atoms with van der Waals surface area (Å²) in [6, 6.07) is 0. The fraction of sp³-hybridized carbons (Fsp3) is 0.900. The van der Waals surface area contributed by atoms with Crippen molar-refractivity contribution in [1.29, 1.82) is 0 Å². The summed E-state index contributed by atoms with van der Waals surface area (Å²) in [6.45, 7) is 16.9. The molecule has 2 rings (SSSR count). The average molecular weight is 449 g/mol. The highest BCUT2D eigenvalue weighted by Crippen LogP contribution is 2.56. The zero-order chi connectivity index (χ0) is 17.5. The van der Waals surface area contributed by atoms with Crippen molar-refractivity contribution in [1.82, 2.24) is 0 Å². The van der Waals surface area contributed by atoms with Gasteiger partial charge in [0.05, 0.1) is 0 Å². The van der Waals surface area contributed by atoms with E-state index in [2.05, 4.69) is 76.4 Å². The molecule has 134 valence electrons. The molecule has 1 fully saturated rings.